The molecule has 9 heteroatoms. The quantitative estimate of drug-likeness (QED) is 0.528. The topological polar surface area (TPSA) is 82.6 Å². The molecule has 2 aromatic carbocycles. The highest BCUT2D eigenvalue weighted by atomic mass is 35.5. The number of amides is 1. The van der Waals surface area contributed by atoms with Crippen LogP contribution in [-0.2, 0) is 6.42 Å². The number of likely N-dealkylation sites (tertiary alicyclic amines) is 1. The highest BCUT2D eigenvalue weighted by molar-refractivity contribution is 6.30. The molecule has 2 aliphatic rings. The van der Waals surface area contributed by atoms with Crippen LogP contribution in [0.15, 0.2) is 48.8 Å². The van der Waals surface area contributed by atoms with Crippen molar-refractivity contribution in [3.05, 3.63) is 70.6 Å². The molecule has 182 valence electrons. The van der Waals surface area contributed by atoms with Crippen LogP contribution in [0.2, 0.25) is 5.02 Å². The van der Waals surface area contributed by atoms with E-state index < -0.39 is 0 Å². The zero-order valence-corrected chi connectivity index (χ0v) is 20.8. The second-order valence-electron chi connectivity index (χ2n) is 9.19. The van der Waals surface area contributed by atoms with Gasteiger partial charge in [-0.25, -0.2) is 4.98 Å². The molecule has 0 saturated carbocycles. The number of anilines is 3. The van der Waals surface area contributed by atoms with Gasteiger partial charge in [0.1, 0.15) is 11.6 Å². The number of benzene rings is 2. The SMILES string of the molecule is COc1cc(C(=O)N(C)C2CCN(C)C2)ccc1Nc1cncc(C2Cc3ccc(Cl)cc3N2)n1. The van der Waals surface area contributed by atoms with E-state index in [1.807, 2.05) is 42.3 Å². The summed E-state index contributed by atoms with van der Waals surface area (Å²) in [6, 6.07) is 11.6. The van der Waals surface area contributed by atoms with Gasteiger partial charge < -0.3 is 25.2 Å². The average molecular weight is 493 g/mol. The molecule has 0 bridgehead atoms. The van der Waals surface area contributed by atoms with E-state index in [-0.39, 0.29) is 18.0 Å². The number of ether oxygens (including phenoxy) is 1. The van der Waals surface area contributed by atoms with E-state index in [2.05, 4.69) is 27.6 Å². The van der Waals surface area contributed by atoms with E-state index in [0.29, 0.717) is 27.8 Å². The van der Waals surface area contributed by atoms with Crippen molar-refractivity contribution < 1.29 is 9.53 Å². The second-order valence-corrected chi connectivity index (χ2v) is 9.63. The third kappa shape index (κ3) is 4.90. The number of nitrogens with one attached hydrogen (secondary N) is 2. The van der Waals surface area contributed by atoms with Crippen LogP contribution in [0.4, 0.5) is 17.2 Å². The Hall–Kier alpha value is -3.36. The van der Waals surface area contributed by atoms with Gasteiger partial charge in [0.15, 0.2) is 0 Å². The molecular weight excluding hydrogens is 464 g/mol. The van der Waals surface area contributed by atoms with Crippen LogP contribution >= 0.6 is 11.6 Å². The van der Waals surface area contributed by atoms with Crippen LogP contribution in [0.25, 0.3) is 0 Å². The molecule has 1 saturated heterocycles. The first kappa shape index (κ1) is 23.4. The predicted octanol–water partition coefficient (Wildman–Crippen LogP) is 4.37. The van der Waals surface area contributed by atoms with Gasteiger partial charge in [-0.15, -0.1) is 0 Å². The summed E-state index contributed by atoms with van der Waals surface area (Å²) >= 11 is 6.13. The van der Waals surface area contributed by atoms with Gasteiger partial charge in [0.25, 0.3) is 5.91 Å². The number of halogens is 1. The maximum atomic E-state index is 13.1. The lowest BCUT2D eigenvalue weighted by Crippen LogP contribution is -2.38. The summed E-state index contributed by atoms with van der Waals surface area (Å²) in [5, 5.41) is 7.47. The van der Waals surface area contributed by atoms with Crippen molar-refractivity contribution in [2.24, 2.45) is 0 Å². The van der Waals surface area contributed by atoms with Crippen molar-refractivity contribution in [1.82, 2.24) is 19.8 Å². The molecule has 1 aromatic heterocycles. The number of rotatable bonds is 6. The molecule has 1 amide bonds. The molecule has 3 heterocycles. The Bertz CT molecular complexity index is 1250. The third-order valence-corrected chi connectivity index (χ3v) is 7.02. The molecule has 2 aliphatic heterocycles. The zero-order valence-electron chi connectivity index (χ0n) is 20.1. The molecule has 2 unspecified atom stereocenters. The lowest BCUT2D eigenvalue weighted by atomic mass is 10.1. The minimum Gasteiger partial charge on any atom is -0.495 e. The minimum absolute atomic E-state index is 0.0103. The van der Waals surface area contributed by atoms with Gasteiger partial charge >= 0.3 is 0 Å². The summed E-state index contributed by atoms with van der Waals surface area (Å²) in [5.41, 5.74) is 4.37. The fraction of sp³-hybridized carbons (Fsp3) is 0.346. The Kier molecular flexibility index (Phi) is 6.49. The third-order valence-electron chi connectivity index (χ3n) is 6.78. The van der Waals surface area contributed by atoms with E-state index >= 15 is 0 Å². The van der Waals surface area contributed by atoms with Gasteiger partial charge in [0, 0.05) is 42.3 Å². The Morgan fingerprint density at radius 1 is 1.26 bits per heavy atom. The van der Waals surface area contributed by atoms with E-state index in [4.69, 9.17) is 21.3 Å². The van der Waals surface area contributed by atoms with Crippen LogP contribution in [0, 0.1) is 0 Å². The number of methoxy groups -OCH3 is 1. The molecule has 0 aliphatic carbocycles. The Morgan fingerprint density at radius 3 is 2.89 bits per heavy atom. The monoisotopic (exact) mass is 492 g/mol. The molecule has 2 N–H and O–H groups in total. The minimum atomic E-state index is -0.0103. The Morgan fingerprint density at radius 2 is 2.11 bits per heavy atom. The predicted molar refractivity (Wildman–Crippen MR) is 138 cm³/mol. The number of aromatic nitrogens is 2. The van der Waals surface area contributed by atoms with Crippen LogP contribution < -0.4 is 15.4 Å². The van der Waals surface area contributed by atoms with E-state index in [0.717, 1.165) is 37.3 Å². The van der Waals surface area contributed by atoms with Gasteiger partial charge in [-0.3, -0.25) is 9.78 Å². The van der Waals surface area contributed by atoms with Crippen LogP contribution in [-0.4, -0.2) is 66.0 Å². The molecule has 2 atom stereocenters. The highest BCUT2D eigenvalue weighted by Crippen LogP contribution is 2.35. The summed E-state index contributed by atoms with van der Waals surface area (Å²) in [4.78, 5) is 26.3. The zero-order chi connectivity index (χ0) is 24.5. The van der Waals surface area contributed by atoms with Gasteiger partial charge in [-0.1, -0.05) is 17.7 Å². The maximum absolute atomic E-state index is 13.1. The Balaban J connectivity index is 1.31. The first-order valence-corrected chi connectivity index (χ1v) is 12.1. The molecule has 0 spiro atoms. The second kappa shape index (κ2) is 9.71. The van der Waals surface area contributed by atoms with Crippen LogP contribution in [0.5, 0.6) is 5.75 Å². The van der Waals surface area contributed by atoms with Crippen molar-refractivity contribution in [3.8, 4) is 5.75 Å². The van der Waals surface area contributed by atoms with Gasteiger partial charge in [-0.2, -0.15) is 0 Å². The summed E-state index contributed by atoms with van der Waals surface area (Å²) in [6.07, 6.45) is 5.24. The van der Waals surface area contributed by atoms with Crippen molar-refractivity contribution in [3.63, 3.8) is 0 Å². The van der Waals surface area contributed by atoms with Crippen LogP contribution in [0.1, 0.15) is 34.1 Å². The number of fused-ring (bicyclic) bond motifs is 1. The first-order valence-electron chi connectivity index (χ1n) is 11.7. The molecule has 5 rings (SSSR count). The molecule has 1 fully saturated rings. The fourth-order valence-corrected chi connectivity index (χ4v) is 4.94. The smallest absolute Gasteiger partial charge is 0.254 e. The number of nitrogens with zero attached hydrogens (tertiary/aromatic N) is 4. The number of likely N-dealkylation sites (N-methyl/N-ethyl adjacent to an activating group) is 2. The first-order chi connectivity index (χ1) is 16.9. The molecule has 35 heavy (non-hydrogen) atoms. The van der Waals surface area contributed by atoms with Crippen molar-refractivity contribution in [2.45, 2.75) is 24.9 Å². The standard InChI is InChI=1S/C26H29ClN6O2/c1-32-9-8-19(15-32)33(2)26(34)17-5-7-20(24(11-17)35-3)30-25-14-28-13-23(31-25)22-10-16-4-6-18(27)12-21(16)29-22/h4-7,11-14,19,22,29H,8-10,15H2,1-3H3,(H,30,31). The molecule has 8 nitrogen and oxygen atoms in total. The Labute approximate surface area is 210 Å². The average Bonchev–Trinajstić information content (AvgIpc) is 3.49. The molecule has 3 aromatic rings. The largest absolute Gasteiger partial charge is 0.495 e. The van der Waals surface area contributed by atoms with E-state index in [9.17, 15) is 4.79 Å². The van der Waals surface area contributed by atoms with Crippen molar-refractivity contribution in [2.75, 3.05) is 44.9 Å². The van der Waals surface area contributed by atoms with Crippen molar-refractivity contribution >= 4 is 34.7 Å². The van der Waals surface area contributed by atoms with Crippen LogP contribution in [0.3, 0.4) is 0 Å². The lowest BCUT2D eigenvalue weighted by molar-refractivity contribution is 0.0737. The van der Waals surface area contributed by atoms with Gasteiger partial charge in [0.05, 0.1) is 36.9 Å². The summed E-state index contributed by atoms with van der Waals surface area (Å²) < 4.78 is 5.60. The van der Waals surface area contributed by atoms with E-state index in [1.165, 1.54) is 5.56 Å². The number of hydrogen-bond acceptors (Lipinski definition) is 7. The number of carbonyl (C=O) groups is 1. The van der Waals surface area contributed by atoms with Gasteiger partial charge in [0.2, 0.25) is 0 Å². The molecular formula is C26H29ClN6O2. The number of hydrogen-bond donors (Lipinski definition) is 2. The highest BCUT2D eigenvalue weighted by Gasteiger charge is 2.28. The fourth-order valence-electron chi connectivity index (χ4n) is 4.77. The van der Waals surface area contributed by atoms with Gasteiger partial charge in [-0.05, 0) is 55.9 Å². The summed E-state index contributed by atoms with van der Waals surface area (Å²) in [7, 11) is 5.55. The summed E-state index contributed by atoms with van der Waals surface area (Å²) in [6.45, 7) is 1.90. The molecule has 0 radical (unpaired) electrons. The van der Waals surface area contributed by atoms with E-state index in [1.54, 1.807) is 25.6 Å². The maximum Gasteiger partial charge on any atom is 0.254 e. The van der Waals surface area contributed by atoms with Crippen molar-refractivity contribution in [1.29, 1.82) is 0 Å². The normalized spacial score (nSPS) is 19.2. The lowest BCUT2D eigenvalue weighted by Gasteiger charge is -2.25. The summed E-state index contributed by atoms with van der Waals surface area (Å²) in [5.74, 6) is 1.16. The number of carbonyl (C=O) groups excluding carboxylic acids is 1.